The summed E-state index contributed by atoms with van der Waals surface area (Å²) in [5, 5.41) is 8.66. The van der Waals surface area contributed by atoms with Crippen molar-refractivity contribution in [3.8, 4) is 6.07 Å². The molecule has 1 rings (SSSR count). The Morgan fingerprint density at radius 3 is 2.35 bits per heavy atom. The molecule has 0 bridgehead atoms. The van der Waals surface area contributed by atoms with Crippen LogP contribution in [0.15, 0.2) is 29.2 Å². The van der Waals surface area contributed by atoms with E-state index in [0.29, 0.717) is 13.0 Å². The molecule has 0 aromatic heterocycles. The van der Waals surface area contributed by atoms with Crippen molar-refractivity contribution in [2.45, 2.75) is 25.2 Å². The monoisotopic (exact) mass is 252 g/mol. The lowest BCUT2D eigenvalue weighted by molar-refractivity contribution is 0.444. The van der Waals surface area contributed by atoms with Crippen molar-refractivity contribution in [2.75, 3.05) is 13.1 Å². The maximum absolute atomic E-state index is 12.2. The summed E-state index contributed by atoms with van der Waals surface area (Å²) in [5.74, 6) is 0. The Morgan fingerprint density at radius 2 is 1.88 bits per heavy atom. The van der Waals surface area contributed by atoms with Crippen LogP contribution in [0.5, 0.6) is 0 Å². The van der Waals surface area contributed by atoms with Crippen molar-refractivity contribution < 1.29 is 8.42 Å². The molecule has 0 aliphatic rings. The Morgan fingerprint density at radius 1 is 1.29 bits per heavy atom. The van der Waals surface area contributed by atoms with E-state index in [1.54, 1.807) is 24.3 Å². The van der Waals surface area contributed by atoms with Gasteiger partial charge in [0.15, 0.2) is 0 Å². The Kier molecular flexibility index (Phi) is 4.67. The highest BCUT2D eigenvalue weighted by atomic mass is 32.2. The highest BCUT2D eigenvalue weighted by Gasteiger charge is 2.22. The third-order valence-electron chi connectivity index (χ3n) is 2.38. The molecule has 4 nitrogen and oxygen atoms in total. The average molecular weight is 252 g/mol. The standard InChI is InChI=1S/C12H16N2O2S/c1-3-9-14(10-8-13)17(15,16)12-6-4-11(2)5-7-12/h4-7H,3,9-10H2,1-2H3. The molecular weight excluding hydrogens is 236 g/mol. The van der Waals surface area contributed by atoms with Gasteiger partial charge in [-0.05, 0) is 25.5 Å². The van der Waals surface area contributed by atoms with Crippen LogP contribution in [0.1, 0.15) is 18.9 Å². The summed E-state index contributed by atoms with van der Waals surface area (Å²) in [6.07, 6.45) is 0.687. The molecule has 0 heterocycles. The van der Waals surface area contributed by atoms with E-state index in [-0.39, 0.29) is 11.4 Å². The lowest BCUT2D eigenvalue weighted by Gasteiger charge is -2.18. The van der Waals surface area contributed by atoms with Crippen molar-refractivity contribution in [2.24, 2.45) is 0 Å². The molecule has 0 spiro atoms. The van der Waals surface area contributed by atoms with Gasteiger partial charge in [0.05, 0.1) is 11.0 Å². The Balaban J connectivity index is 3.08. The van der Waals surface area contributed by atoms with Crippen molar-refractivity contribution >= 4 is 10.0 Å². The molecule has 0 saturated carbocycles. The molecule has 1 aromatic carbocycles. The molecule has 0 aliphatic heterocycles. The van der Waals surface area contributed by atoms with Crippen LogP contribution in [0, 0.1) is 18.3 Å². The molecule has 0 atom stereocenters. The second kappa shape index (κ2) is 5.80. The third kappa shape index (κ3) is 3.29. The van der Waals surface area contributed by atoms with Gasteiger partial charge in [-0.15, -0.1) is 0 Å². The van der Waals surface area contributed by atoms with Gasteiger partial charge in [0.2, 0.25) is 10.0 Å². The van der Waals surface area contributed by atoms with Gasteiger partial charge in [-0.1, -0.05) is 24.6 Å². The first-order valence-electron chi connectivity index (χ1n) is 5.46. The number of rotatable bonds is 5. The number of nitrogens with zero attached hydrogens (tertiary/aromatic N) is 2. The summed E-state index contributed by atoms with van der Waals surface area (Å²) in [7, 11) is -3.53. The van der Waals surface area contributed by atoms with E-state index in [1.807, 2.05) is 19.9 Å². The lowest BCUT2D eigenvalue weighted by Crippen LogP contribution is -2.32. The fourth-order valence-corrected chi connectivity index (χ4v) is 2.90. The molecule has 0 saturated heterocycles. The van der Waals surface area contributed by atoms with Crippen LogP contribution in [-0.4, -0.2) is 25.8 Å². The van der Waals surface area contributed by atoms with Crippen LogP contribution < -0.4 is 0 Å². The van der Waals surface area contributed by atoms with Crippen LogP contribution in [0.3, 0.4) is 0 Å². The number of hydrogen-bond acceptors (Lipinski definition) is 3. The van der Waals surface area contributed by atoms with E-state index in [9.17, 15) is 8.42 Å². The van der Waals surface area contributed by atoms with Crippen LogP contribution >= 0.6 is 0 Å². The highest BCUT2D eigenvalue weighted by Crippen LogP contribution is 2.16. The quantitative estimate of drug-likeness (QED) is 0.752. The highest BCUT2D eigenvalue weighted by molar-refractivity contribution is 7.89. The van der Waals surface area contributed by atoms with E-state index >= 15 is 0 Å². The van der Waals surface area contributed by atoms with Crippen molar-refractivity contribution in [1.29, 1.82) is 5.26 Å². The average Bonchev–Trinajstić information content (AvgIpc) is 2.29. The van der Waals surface area contributed by atoms with Crippen molar-refractivity contribution in [3.05, 3.63) is 29.8 Å². The molecule has 0 N–H and O–H groups in total. The van der Waals surface area contributed by atoms with E-state index in [1.165, 1.54) is 4.31 Å². The number of benzene rings is 1. The predicted molar refractivity (Wildman–Crippen MR) is 65.8 cm³/mol. The van der Waals surface area contributed by atoms with Crippen LogP contribution in [0.4, 0.5) is 0 Å². The summed E-state index contributed by atoms with van der Waals surface area (Å²) in [6.45, 7) is 4.04. The van der Waals surface area contributed by atoms with Gasteiger partial charge in [-0.2, -0.15) is 9.57 Å². The van der Waals surface area contributed by atoms with Gasteiger partial charge < -0.3 is 0 Å². The fourth-order valence-electron chi connectivity index (χ4n) is 1.47. The van der Waals surface area contributed by atoms with Crippen LogP contribution in [-0.2, 0) is 10.0 Å². The minimum atomic E-state index is -3.53. The second-order valence-electron chi connectivity index (χ2n) is 3.81. The summed E-state index contributed by atoms with van der Waals surface area (Å²) in [5.41, 5.74) is 1.01. The van der Waals surface area contributed by atoms with Crippen molar-refractivity contribution in [3.63, 3.8) is 0 Å². The fraction of sp³-hybridized carbons (Fsp3) is 0.417. The van der Waals surface area contributed by atoms with Gasteiger partial charge in [0.25, 0.3) is 0 Å². The van der Waals surface area contributed by atoms with E-state index < -0.39 is 10.0 Å². The van der Waals surface area contributed by atoms with Gasteiger partial charge in [0, 0.05) is 6.54 Å². The smallest absolute Gasteiger partial charge is 0.207 e. The molecule has 0 fully saturated rings. The molecule has 0 amide bonds. The molecule has 5 heteroatoms. The van der Waals surface area contributed by atoms with E-state index in [0.717, 1.165) is 5.56 Å². The third-order valence-corrected chi connectivity index (χ3v) is 4.24. The van der Waals surface area contributed by atoms with Gasteiger partial charge in [-0.3, -0.25) is 0 Å². The summed E-state index contributed by atoms with van der Waals surface area (Å²) in [4.78, 5) is 0.242. The zero-order chi connectivity index (χ0) is 12.9. The summed E-state index contributed by atoms with van der Waals surface area (Å²) in [6, 6.07) is 8.54. The SMILES string of the molecule is CCCN(CC#N)S(=O)(=O)c1ccc(C)cc1. The number of nitriles is 1. The summed E-state index contributed by atoms with van der Waals surface area (Å²) >= 11 is 0. The van der Waals surface area contributed by atoms with E-state index in [2.05, 4.69) is 0 Å². The molecule has 17 heavy (non-hydrogen) atoms. The van der Waals surface area contributed by atoms with Crippen LogP contribution in [0.2, 0.25) is 0 Å². The zero-order valence-electron chi connectivity index (χ0n) is 10.0. The van der Waals surface area contributed by atoms with Crippen LogP contribution in [0.25, 0.3) is 0 Å². The topological polar surface area (TPSA) is 61.2 Å². The first-order valence-corrected chi connectivity index (χ1v) is 6.90. The number of sulfonamides is 1. The molecule has 0 radical (unpaired) electrons. The van der Waals surface area contributed by atoms with Gasteiger partial charge >= 0.3 is 0 Å². The number of hydrogen-bond donors (Lipinski definition) is 0. The molecule has 0 unspecified atom stereocenters. The van der Waals surface area contributed by atoms with Gasteiger partial charge in [-0.25, -0.2) is 8.42 Å². The Labute approximate surface area is 103 Å². The summed E-state index contributed by atoms with van der Waals surface area (Å²) < 4.78 is 25.6. The number of aryl methyl sites for hydroxylation is 1. The maximum atomic E-state index is 12.2. The molecule has 92 valence electrons. The van der Waals surface area contributed by atoms with Gasteiger partial charge in [0.1, 0.15) is 6.54 Å². The minimum Gasteiger partial charge on any atom is -0.207 e. The lowest BCUT2D eigenvalue weighted by atomic mass is 10.2. The van der Waals surface area contributed by atoms with E-state index in [4.69, 9.17) is 5.26 Å². The molecular formula is C12H16N2O2S. The normalized spacial score (nSPS) is 11.4. The Hall–Kier alpha value is -1.38. The van der Waals surface area contributed by atoms with Crippen molar-refractivity contribution in [1.82, 2.24) is 4.31 Å². The largest absolute Gasteiger partial charge is 0.244 e. The Bertz CT molecular complexity index is 500. The first kappa shape index (κ1) is 13.7. The second-order valence-corrected chi connectivity index (χ2v) is 5.75. The minimum absolute atomic E-state index is 0.107. The predicted octanol–water partition coefficient (Wildman–Crippen LogP) is 1.92. The molecule has 1 aromatic rings. The molecule has 0 aliphatic carbocycles. The first-order chi connectivity index (χ1) is 8.02. The zero-order valence-corrected chi connectivity index (χ0v) is 10.9. The maximum Gasteiger partial charge on any atom is 0.244 e.